The van der Waals surface area contributed by atoms with Gasteiger partial charge in [0, 0.05) is 12.8 Å². The van der Waals surface area contributed by atoms with Crippen LogP contribution in [0.5, 0.6) is 0 Å². The maximum absolute atomic E-state index is 10.2. The lowest BCUT2D eigenvalue weighted by Crippen LogP contribution is -1.88. The van der Waals surface area contributed by atoms with Crippen molar-refractivity contribution in [3.8, 4) is 0 Å². The predicted molar refractivity (Wildman–Crippen MR) is 32.3 cm³/mol. The van der Waals surface area contributed by atoms with E-state index in [1.807, 2.05) is 13.8 Å². The van der Waals surface area contributed by atoms with Crippen LogP contribution < -0.4 is 0 Å². The van der Waals surface area contributed by atoms with Gasteiger partial charge < -0.3 is 0 Å². The van der Waals surface area contributed by atoms with Crippen LogP contribution in [0.1, 0.15) is 34.1 Å². The van der Waals surface area contributed by atoms with Gasteiger partial charge in [0.1, 0.15) is 5.78 Å². The van der Waals surface area contributed by atoms with Gasteiger partial charge in [-0.25, -0.2) is 0 Å². The molecule has 1 nitrogen and oxygen atoms in total. The molecule has 0 unspecified atom stereocenters. The Morgan fingerprint density at radius 3 is 1.57 bits per heavy atom. The quantitative estimate of drug-likeness (QED) is 0.521. The first-order valence-electron chi connectivity index (χ1n) is 2.33. The van der Waals surface area contributed by atoms with Gasteiger partial charge in [0.2, 0.25) is 0 Å². The van der Waals surface area contributed by atoms with Gasteiger partial charge in [-0.1, -0.05) is 21.3 Å². The first-order valence-corrected chi connectivity index (χ1v) is 2.33. The Bertz CT molecular complexity index is 42.1. The summed E-state index contributed by atoms with van der Waals surface area (Å²) in [7, 11) is 0. The fraction of sp³-hybridized carbons (Fsp3) is 0.833. The first kappa shape index (κ1) is 9.83. The van der Waals surface area contributed by atoms with Crippen LogP contribution in [-0.4, -0.2) is 5.78 Å². The van der Waals surface area contributed by atoms with E-state index in [2.05, 4.69) is 0 Å². The first-order chi connectivity index (χ1) is 2.81. The fourth-order valence-electron chi connectivity index (χ4n) is 0.250. The fourth-order valence-corrected chi connectivity index (χ4v) is 0.250. The average Bonchev–Trinajstić information content (AvgIpc) is 1.65. The summed E-state index contributed by atoms with van der Waals surface area (Å²) in [5, 5.41) is 0. The number of carbonyl (C=O) groups excluding carboxylic acids is 1. The van der Waals surface area contributed by atoms with Crippen LogP contribution in [0.4, 0.5) is 0 Å². The number of rotatable bonds is 2. The topological polar surface area (TPSA) is 17.1 Å². The zero-order chi connectivity index (χ0) is 4.99. The molecule has 7 heavy (non-hydrogen) atoms. The summed E-state index contributed by atoms with van der Waals surface area (Å²) in [6, 6.07) is 0. The second-order valence-electron chi connectivity index (χ2n) is 1.25. The molecule has 44 valence electrons. The Morgan fingerprint density at radius 2 is 1.57 bits per heavy atom. The third-order valence-corrected chi connectivity index (χ3v) is 0.789. The molecule has 0 amide bonds. The van der Waals surface area contributed by atoms with E-state index in [0.717, 1.165) is 0 Å². The number of ketones is 1. The molecule has 0 aromatic rings. The van der Waals surface area contributed by atoms with Crippen molar-refractivity contribution in [2.45, 2.75) is 34.1 Å². The molecule has 0 aliphatic rings. The normalized spacial score (nSPS) is 7.14. The summed E-state index contributed by atoms with van der Waals surface area (Å²) in [4.78, 5) is 10.2. The Morgan fingerprint density at radius 1 is 1.29 bits per heavy atom. The maximum atomic E-state index is 10.2. The molecule has 1 heteroatoms. The zero-order valence-electron chi connectivity index (χ0n) is 4.32. The second-order valence-corrected chi connectivity index (χ2v) is 1.25. The van der Waals surface area contributed by atoms with E-state index in [0.29, 0.717) is 18.6 Å². The van der Waals surface area contributed by atoms with Gasteiger partial charge in [0.15, 0.2) is 0 Å². The van der Waals surface area contributed by atoms with E-state index in [4.69, 9.17) is 0 Å². The number of Topliss-reactive ketones (excluding diaryl/α,β-unsaturated/α-hetero) is 1. The largest absolute Gasteiger partial charge is 0.300 e. The molecule has 0 atom stereocenters. The highest BCUT2D eigenvalue weighted by Gasteiger charge is 1.86. The molecule has 0 spiro atoms. The summed E-state index contributed by atoms with van der Waals surface area (Å²) in [5.74, 6) is 0.343. The second kappa shape index (κ2) is 5.67. The van der Waals surface area contributed by atoms with Crippen molar-refractivity contribution in [3.63, 3.8) is 0 Å². The van der Waals surface area contributed by atoms with Gasteiger partial charge in [0.25, 0.3) is 0 Å². The van der Waals surface area contributed by atoms with Crippen molar-refractivity contribution in [2.24, 2.45) is 0 Å². The standard InChI is InChI=1S/C5H10O.CH4/c1-3-5(6)4-2;/h3-4H2,1-2H3;1H4. The minimum absolute atomic E-state index is 0. The summed E-state index contributed by atoms with van der Waals surface area (Å²) >= 11 is 0. The minimum atomic E-state index is 0. The Kier molecular flexibility index (Phi) is 7.96. The highest BCUT2D eigenvalue weighted by atomic mass is 16.1. The molecule has 0 aromatic carbocycles. The Labute approximate surface area is 45.7 Å². The zero-order valence-corrected chi connectivity index (χ0v) is 4.32. The van der Waals surface area contributed by atoms with Crippen molar-refractivity contribution in [1.29, 1.82) is 0 Å². The van der Waals surface area contributed by atoms with Gasteiger partial charge in [-0.15, -0.1) is 0 Å². The van der Waals surface area contributed by atoms with Gasteiger partial charge in [-0.2, -0.15) is 0 Å². The lowest BCUT2D eigenvalue weighted by molar-refractivity contribution is -0.118. The molecule has 0 aliphatic heterocycles. The summed E-state index contributed by atoms with van der Waals surface area (Å²) in [6.07, 6.45) is 1.38. The number of carbonyl (C=O) groups is 1. The van der Waals surface area contributed by atoms with Crippen LogP contribution in [-0.2, 0) is 4.79 Å². The molecule has 0 bridgehead atoms. The molecular weight excluding hydrogens is 88.1 g/mol. The molecule has 0 radical (unpaired) electrons. The third kappa shape index (κ3) is 5.67. The number of hydrogen-bond donors (Lipinski definition) is 0. The van der Waals surface area contributed by atoms with E-state index >= 15 is 0 Å². The highest BCUT2D eigenvalue weighted by Crippen LogP contribution is 1.82. The van der Waals surface area contributed by atoms with Crippen LogP contribution in [0.2, 0.25) is 0 Å². The Balaban J connectivity index is 0. The summed E-state index contributed by atoms with van der Waals surface area (Å²) in [5.41, 5.74) is 0. The molecular formula is C6H14O. The Hall–Kier alpha value is -0.330. The molecule has 0 N–H and O–H groups in total. The lowest BCUT2D eigenvalue weighted by Gasteiger charge is -1.81. The minimum Gasteiger partial charge on any atom is -0.300 e. The summed E-state index contributed by atoms with van der Waals surface area (Å²) < 4.78 is 0. The molecule has 0 aliphatic carbocycles. The van der Waals surface area contributed by atoms with E-state index in [1.54, 1.807) is 0 Å². The average molecular weight is 102 g/mol. The number of hydrogen-bond acceptors (Lipinski definition) is 1. The van der Waals surface area contributed by atoms with E-state index in [1.165, 1.54) is 0 Å². The molecule has 0 heterocycles. The molecule has 0 rings (SSSR count). The molecule has 0 aromatic heterocycles. The van der Waals surface area contributed by atoms with Crippen LogP contribution in [0.25, 0.3) is 0 Å². The van der Waals surface area contributed by atoms with Gasteiger partial charge in [-0.3, -0.25) is 4.79 Å². The molecule has 0 saturated heterocycles. The van der Waals surface area contributed by atoms with Crippen LogP contribution >= 0.6 is 0 Å². The van der Waals surface area contributed by atoms with E-state index in [-0.39, 0.29) is 7.43 Å². The van der Waals surface area contributed by atoms with Crippen molar-refractivity contribution in [1.82, 2.24) is 0 Å². The van der Waals surface area contributed by atoms with Crippen LogP contribution in [0.15, 0.2) is 0 Å². The van der Waals surface area contributed by atoms with Crippen molar-refractivity contribution in [3.05, 3.63) is 0 Å². The third-order valence-electron chi connectivity index (χ3n) is 0.789. The lowest BCUT2D eigenvalue weighted by atomic mass is 10.3. The monoisotopic (exact) mass is 102 g/mol. The molecule has 0 fully saturated rings. The van der Waals surface area contributed by atoms with Gasteiger partial charge >= 0.3 is 0 Å². The predicted octanol–water partition coefficient (Wildman–Crippen LogP) is 2.01. The van der Waals surface area contributed by atoms with Crippen molar-refractivity contribution in [2.75, 3.05) is 0 Å². The van der Waals surface area contributed by atoms with Crippen molar-refractivity contribution < 1.29 is 4.79 Å². The van der Waals surface area contributed by atoms with Crippen LogP contribution in [0.3, 0.4) is 0 Å². The van der Waals surface area contributed by atoms with Gasteiger partial charge in [0.05, 0.1) is 0 Å². The molecule has 0 saturated carbocycles. The SMILES string of the molecule is C.CCC(=O)CC. The van der Waals surface area contributed by atoms with E-state index in [9.17, 15) is 4.79 Å². The van der Waals surface area contributed by atoms with Crippen LogP contribution in [0, 0.1) is 0 Å². The van der Waals surface area contributed by atoms with Crippen molar-refractivity contribution >= 4 is 5.78 Å². The smallest absolute Gasteiger partial charge is 0.132 e. The summed E-state index contributed by atoms with van der Waals surface area (Å²) in [6.45, 7) is 3.76. The highest BCUT2D eigenvalue weighted by molar-refractivity contribution is 5.77. The van der Waals surface area contributed by atoms with Gasteiger partial charge in [-0.05, 0) is 0 Å². The van der Waals surface area contributed by atoms with E-state index < -0.39 is 0 Å². The maximum Gasteiger partial charge on any atom is 0.132 e.